The largest absolute Gasteiger partial charge is 0.356 e. The second-order valence-corrected chi connectivity index (χ2v) is 6.96. The average Bonchev–Trinajstić information content (AvgIpc) is 2.24. The van der Waals surface area contributed by atoms with Crippen LogP contribution in [0.3, 0.4) is 0 Å². The third-order valence-corrected chi connectivity index (χ3v) is 4.71. The number of hydrogen-bond donors (Lipinski definition) is 1. The quantitative estimate of drug-likeness (QED) is 0.788. The van der Waals surface area contributed by atoms with E-state index in [4.69, 9.17) is 0 Å². The van der Waals surface area contributed by atoms with Gasteiger partial charge in [-0.25, -0.2) is 12.7 Å². The predicted molar refractivity (Wildman–Crippen MR) is 67.1 cm³/mol. The molecule has 0 radical (unpaired) electrons. The highest BCUT2D eigenvalue weighted by Gasteiger charge is 2.25. The molecule has 0 aromatic rings. The van der Waals surface area contributed by atoms with Crippen molar-refractivity contribution in [1.29, 1.82) is 0 Å². The summed E-state index contributed by atoms with van der Waals surface area (Å²) in [4.78, 5) is 11.5. The van der Waals surface area contributed by atoms with E-state index in [1.165, 1.54) is 4.31 Å². The first kappa shape index (κ1) is 14.4. The molecule has 1 aliphatic heterocycles. The van der Waals surface area contributed by atoms with Crippen molar-refractivity contribution in [2.24, 2.45) is 5.92 Å². The van der Waals surface area contributed by atoms with Crippen LogP contribution in [-0.2, 0) is 14.8 Å². The van der Waals surface area contributed by atoms with Gasteiger partial charge in [0.1, 0.15) is 0 Å². The summed E-state index contributed by atoms with van der Waals surface area (Å²) in [6.45, 7) is 5.56. The van der Waals surface area contributed by atoms with Crippen LogP contribution in [0.5, 0.6) is 0 Å². The molecule has 1 rings (SSSR count). The first-order valence-electron chi connectivity index (χ1n) is 6.16. The fourth-order valence-corrected chi connectivity index (χ4v) is 3.33. The molecule has 100 valence electrons. The van der Waals surface area contributed by atoms with E-state index in [2.05, 4.69) is 5.32 Å². The maximum absolute atomic E-state index is 11.7. The molecule has 17 heavy (non-hydrogen) atoms. The van der Waals surface area contributed by atoms with Crippen molar-refractivity contribution in [3.63, 3.8) is 0 Å². The van der Waals surface area contributed by atoms with Crippen LogP contribution in [0.15, 0.2) is 0 Å². The number of nitrogens with one attached hydrogen (secondary N) is 1. The van der Waals surface area contributed by atoms with Crippen LogP contribution in [-0.4, -0.2) is 44.0 Å². The Morgan fingerprint density at radius 1 is 1.35 bits per heavy atom. The molecule has 1 fully saturated rings. The van der Waals surface area contributed by atoms with Gasteiger partial charge in [0.05, 0.1) is 5.75 Å². The summed E-state index contributed by atoms with van der Waals surface area (Å²) in [7, 11) is -3.10. The maximum Gasteiger partial charge on any atom is 0.221 e. The van der Waals surface area contributed by atoms with Crippen molar-refractivity contribution in [2.45, 2.75) is 33.1 Å². The van der Waals surface area contributed by atoms with Crippen molar-refractivity contribution in [3.05, 3.63) is 0 Å². The van der Waals surface area contributed by atoms with Crippen molar-refractivity contribution >= 4 is 15.9 Å². The average molecular weight is 262 g/mol. The minimum atomic E-state index is -3.10. The van der Waals surface area contributed by atoms with Gasteiger partial charge in [-0.3, -0.25) is 4.79 Å². The van der Waals surface area contributed by atoms with Gasteiger partial charge in [0.25, 0.3) is 0 Å². The van der Waals surface area contributed by atoms with Crippen LogP contribution in [0, 0.1) is 5.92 Å². The molecule has 0 bridgehead atoms. The smallest absolute Gasteiger partial charge is 0.221 e. The first-order valence-corrected chi connectivity index (χ1v) is 7.77. The molecule has 6 heteroatoms. The van der Waals surface area contributed by atoms with E-state index in [1.807, 2.05) is 13.8 Å². The van der Waals surface area contributed by atoms with Crippen LogP contribution in [0.2, 0.25) is 0 Å². The summed E-state index contributed by atoms with van der Waals surface area (Å²) in [5.41, 5.74) is 0. The van der Waals surface area contributed by atoms with Gasteiger partial charge in [-0.1, -0.05) is 13.8 Å². The Morgan fingerprint density at radius 2 is 2.06 bits per heavy atom. The van der Waals surface area contributed by atoms with Crippen molar-refractivity contribution in [3.8, 4) is 0 Å². The summed E-state index contributed by atoms with van der Waals surface area (Å²) in [6.07, 6.45) is 1.89. The van der Waals surface area contributed by atoms with Gasteiger partial charge >= 0.3 is 0 Å². The standard InChI is InChI=1S/C11H22N2O3S/c1-10(2)9-12-11(14)5-7-13-6-3-4-8-17(13,15)16/h10H,3-9H2,1-2H3,(H,12,14). The van der Waals surface area contributed by atoms with Gasteiger partial charge in [0, 0.05) is 26.1 Å². The molecule has 1 amide bonds. The number of rotatable bonds is 5. The highest BCUT2D eigenvalue weighted by Crippen LogP contribution is 2.13. The summed E-state index contributed by atoms with van der Waals surface area (Å²) in [5.74, 6) is 0.567. The molecule has 0 atom stereocenters. The Hall–Kier alpha value is -0.620. The molecule has 0 aromatic carbocycles. The Labute approximate surface area is 104 Å². The SMILES string of the molecule is CC(C)CNC(=O)CCN1CCCCS1(=O)=O. The molecule has 0 aromatic heterocycles. The summed E-state index contributed by atoms with van der Waals surface area (Å²) >= 11 is 0. The third-order valence-electron chi connectivity index (χ3n) is 2.75. The number of sulfonamides is 1. The topological polar surface area (TPSA) is 66.5 Å². The molecule has 1 saturated heterocycles. The van der Waals surface area contributed by atoms with Gasteiger partial charge in [-0.15, -0.1) is 0 Å². The van der Waals surface area contributed by atoms with Crippen molar-refractivity contribution in [2.75, 3.05) is 25.4 Å². The number of nitrogens with zero attached hydrogens (tertiary/aromatic N) is 1. The normalized spacial score (nSPS) is 20.4. The number of hydrogen-bond acceptors (Lipinski definition) is 3. The van der Waals surface area contributed by atoms with E-state index in [0.29, 0.717) is 25.6 Å². The maximum atomic E-state index is 11.7. The van der Waals surface area contributed by atoms with E-state index < -0.39 is 10.0 Å². The summed E-state index contributed by atoms with van der Waals surface area (Å²) in [5, 5.41) is 2.79. The zero-order chi connectivity index (χ0) is 12.9. The molecule has 0 saturated carbocycles. The summed E-state index contributed by atoms with van der Waals surface area (Å²) < 4.78 is 24.7. The van der Waals surface area contributed by atoms with Crippen molar-refractivity contribution in [1.82, 2.24) is 9.62 Å². The zero-order valence-electron chi connectivity index (χ0n) is 10.6. The Kier molecular flexibility index (Phi) is 5.39. The molecule has 0 unspecified atom stereocenters. The third kappa shape index (κ3) is 5.04. The number of amides is 1. The Morgan fingerprint density at radius 3 is 2.65 bits per heavy atom. The fraction of sp³-hybridized carbons (Fsp3) is 0.909. The lowest BCUT2D eigenvalue weighted by molar-refractivity contribution is -0.121. The molecule has 1 heterocycles. The molecule has 1 N–H and O–H groups in total. The lowest BCUT2D eigenvalue weighted by Crippen LogP contribution is -2.40. The van der Waals surface area contributed by atoms with E-state index in [9.17, 15) is 13.2 Å². The van der Waals surface area contributed by atoms with Gasteiger partial charge in [-0.2, -0.15) is 0 Å². The van der Waals surface area contributed by atoms with E-state index in [0.717, 1.165) is 12.8 Å². The van der Waals surface area contributed by atoms with E-state index in [-0.39, 0.29) is 18.1 Å². The van der Waals surface area contributed by atoms with E-state index >= 15 is 0 Å². The molecule has 5 nitrogen and oxygen atoms in total. The van der Waals surface area contributed by atoms with Crippen molar-refractivity contribution < 1.29 is 13.2 Å². The van der Waals surface area contributed by atoms with Crippen LogP contribution >= 0.6 is 0 Å². The second-order valence-electron chi connectivity index (χ2n) is 4.87. The van der Waals surface area contributed by atoms with Gasteiger partial charge < -0.3 is 5.32 Å². The Bertz CT molecular complexity index is 352. The number of carbonyl (C=O) groups is 1. The van der Waals surface area contributed by atoms with Crippen LogP contribution in [0.4, 0.5) is 0 Å². The monoisotopic (exact) mass is 262 g/mol. The highest BCUT2D eigenvalue weighted by atomic mass is 32.2. The molecular weight excluding hydrogens is 240 g/mol. The van der Waals surface area contributed by atoms with E-state index in [1.54, 1.807) is 0 Å². The van der Waals surface area contributed by atoms with Crippen LogP contribution < -0.4 is 5.32 Å². The minimum absolute atomic E-state index is 0.0699. The number of carbonyl (C=O) groups excluding carboxylic acids is 1. The Balaban J connectivity index is 2.32. The van der Waals surface area contributed by atoms with Gasteiger partial charge in [0.15, 0.2) is 0 Å². The van der Waals surface area contributed by atoms with Crippen LogP contribution in [0.25, 0.3) is 0 Å². The molecular formula is C11H22N2O3S. The lowest BCUT2D eigenvalue weighted by atomic mass is 10.2. The molecule has 1 aliphatic rings. The molecule has 0 aliphatic carbocycles. The zero-order valence-corrected chi connectivity index (χ0v) is 11.4. The van der Waals surface area contributed by atoms with Gasteiger partial charge in [0.2, 0.25) is 15.9 Å². The van der Waals surface area contributed by atoms with Crippen LogP contribution in [0.1, 0.15) is 33.1 Å². The molecule has 0 spiro atoms. The lowest BCUT2D eigenvalue weighted by Gasteiger charge is -2.25. The fourth-order valence-electron chi connectivity index (χ4n) is 1.72. The predicted octanol–water partition coefficient (Wildman–Crippen LogP) is 0.574. The highest BCUT2D eigenvalue weighted by molar-refractivity contribution is 7.89. The second kappa shape index (κ2) is 6.35. The minimum Gasteiger partial charge on any atom is -0.356 e. The first-order chi connectivity index (χ1) is 7.92. The van der Waals surface area contributed by atoms with Gasteiger partial charge in [-0.05, 0) is 18.8 Å². The summed E-state index contributed by atoms with van der Waals surface area (Å²) in [6, 6.07) is 0.